The van der Waals surface area contributed by atoms with Crippen molar-refractivity contribution in [3.8, 4) is 0 Å². The topological polar surface area (TPSA) is 109 Å². The van der Waals surface area contributed by atoms with E-state index in [2.05, 4.69) is 25.5 Å². The third-order valence-corrected chi connectivity index (χ3v) is 6.73. The summed E-state index contributed by atoms with van der Waals surface area (Å²) >= 11 is 1.26. The SMILES string of the molecule is CCCNC(=O)[C@@H]1CCCN(c2nc3ncn(CC(=O)Nc4ccc(C)cc4)c(=O)c3s2)C1. The van der Waals surface area contributed by atoms with E-state index in [1.54, 1.807) is 0 Å². The van der Waals surface area contributed by atoms with Crippen LogP contribution >= 0.6 is 11.3 Å². The second kappa shape index (κ2) is 10.1. The molecular formula is C23H28N6O3S. The number of thiazole rings is 1. The van der Waals surface area contributed by atoms with E-state index in [1.807, 2.05) is 38.1 Å². The summed E-state index contributed by atoms with van der Waals surface area (Å²) in [5, 5.41) is 6.45. The second-order valence-corrected chi connectivity index (χ2v) is 9.29. The molecule has 2 N–H and O–H groups in total. The van der Waals surface area contributed by atoms with Gasteiger partial charge in [0.15, 0.2) is 10.8 Å². The molecule has 1 atom stereocenters. The maximum absolute atomic E-state index is 13.0. The molecule has 0 saturated carbocycles. The number of aromatic nitrogens is 3. The van der Waals surface area contributed by atoms with Crippen LogP contribution in [0.4, 0.5) is 10.8 Å². The fourth-order valence-electron chi connectivity index (χ4n) is 3.83. The molecule has 9 nitrogen and oxygen atoms in total. The van der Waals surface area contributed by atoms with Crippen molar-refractivity contribution in [2.24, 2.45) is 5.92 Å². The quantitative estimate of drug-likeness (QED) is 0.552. The lowest BCUT2D eigenvalue weighted by atomic mass is 9.97. The molecule has 174 valence electrons. The third kappa shape index (κ3) is 5.39. The van der Waals surface area contributed by atoms with E-state index in [0.717, 1.165) is 31.4 Å². The highest BCUT2D eigenvalue weighted by Crippen LogP contribution is 2.29. The number of hydrogen-bond acceptors (Lipinski definition) is 7. The molecule has 0 aliphatic carbocycles. The molecule has 0 unspecified atom stereocenters. The fraction of sp³-hybridized carbons (Fsp3) is 0.435. The van der Waals surface area contributed by atoms with Crippen molar-refractivity contribution < 1.29 is 9.59 Å². The average molecular weight is 469 g/mol. The first-order chi connectivity index (χ1) is 15.9. The molecule has 0 spiro atoms. The van der Waals surface area contributed by atoms with Gasteiger partial charge in [-0.2, -0.15) is 4.98 Å². The minimum absolute atomic E-state index is 0.0720. The molecule has 10 heteroatoms. The molecule has 1 saturated heterocycles. The number of nitrogens with one attached hydrogen (secondary N) is 2. The van der Waals surface area contributed by atoms with Gasteiger partial charge < -0.3 is 15.5 Å². The van der Waals surface area contributed by atoms with Crippen molar-refractivity contribution in [3.63, 3.8) is 0 Å². The van der Waals surface area contributed by atoms with Crippen LogP contribution in [0.1, 0.15) is 31.7 Å². The molecule has 3 heterocycles. The summed E-state index contributed by atoms with van der Waals surface area (Å²) in [4.78, 5) is 48.7. The van der Waals surface area contributed by atoms with Crippen LogP contribution in [0, 0.1) is 12.8 Å². The number of hydrogen-bond donors (Lipinski definition) is 2. The standard InChI is InChI=1S/C23H28N6O3S/c1-3-10-24-21(31)16-5-4-11-28(12-16)23-27-20-19(33-23)22(32)29(14-25-20)13-18(30)26-17-8-6-15(2)7-9-17/h6-9,14,16H,3-5,10-13H2,1-2H3,(H,24,31)(H,26,30)/t16-/m1/s1. The van der Waals surface area contributed by atoms with E-state index >= 15 is 0 Å². The summed E-state index contributed by atoms with van der Waals surface area (Å²) in [6.07, 6.45) is 4.00. The Morgan fingerprint density at radius 1 is 1.24 bits per heavy atom. The van der Waals surface area contributed by atoms with Crippen molar-refractivity contribution in [1.82, 2.24) is 19.9 Å². The van der Waals surface area contributed by atoms with Gasteiger partial charge in [0.1, 0.15) is 17.6 Å². The van der Waals surface area contributed by atoms with Gasteiger partial charge in [0.25, 0.3) is 5.56 Å². The molecule has 33 heavy (non-hydrogen) atoms. The van der Waals surface area contributed by atoms with Gasteiger partial charge in [0, 0.05) is 25.3 Å². The first kappa shape index (κ1) is 22.9. The molecule has 1 aromatic carbocycles. The van der Waals surface area contributed by atoms with Crippen molar-refractivity contribution in [2.75, 3.05) is 29.9 Å². The van der Waals surface area contributed by atoms with Crippen molar-refractivity contribution in [2.45, 2.75) is 39.7 Å². The maximum atomic E-state index is 13.0. The van der Waals surface area contributed by atoms with Gasteiger partial charge in [0.05, 0.1) is 5.92 Å². The first-order valence-corrected chi connectivity index (χ1v) is 12.0. The zero-order chi connectivity index (χ0) is 23.4. The largest absolute Gasteiger partial charge is 0.356 e. The number of piperidine rings is 1. The molecule has 4 rings (SSSR count). The second-order valence-electron chi connectivity index (χ2n) is 8.32. The predicted octanol–water partition coefficient (Wildman–Crippen LogP) is 2.54. The molecule has 1 aliphatic heterocycles. The zero-order valence-electron chi connectivity index (χ0n) is 18.8. The Hall–Kier alpha value is -3.27. The van der Waals surface area contributed by atoms with E-state index in [4.69, 9.17) is 0 Å². The highest BCUT2D eigenvalue weighted by atomic mass is 32.1. The van der Waals surface area contributed by atoms with Gasteiger partial charge in [-0.1, -0.05) is 36.0 Å². The smallest absolute Gasteiger partial charge is 0.273 e. The van der Waals surface area contributed by atoms with Gasteiger partial charge >= 0.3 is 0 Å². The van der Waals surface area contributed by atoms with E-state index in [9.17, 15) is 14.4 Å². The summed E-state index contributed by atoms with van der Waals surface area (Å²) in [7, 11) is 0. The Balaban J connectivity index is 1.47. The number of amides is 2. The first-order valence-electron chi connectivity index (χ1n) is 11.2. The molecule has 2 amide bonds. The zero-order valence-corrected chi connectivity index (χ0v) is 19.7. The van der Waals surface area contributed by atoms with Gasteiger partial charge in [0.2, 0.25) is 11.8 Å². The number of fused-ring (bicyclic) bond motifs is 1. The average Bonchev–Trinajstić information content (AvgIpc) is 3.26. The molecule has 1 fully saturated rings. The Labute approximate surface area is 195 Å². The van der Waals surface area contributed by atoms with Crippen molar-refractivity contribution >= 4 is 44.3 Å². The Morgan fingerprint density at radius 3 is 2.79 bits per heavy atom. The lowest BCUT2D eigenvalue weighted by molar-refractivity contribution is -0.125. The molecule has 2 aromatic heterocycles. The molecular weight excluding hydrogens is 440 g/mol. The van der Waals surface area contributed by atoms with Crippen LogP contribution in [-0.4, -0.2) is 46.0 Å². The van der Waals surface area contributed by atoms with E-state index in [0.29, 0.717) is 34.3 Å². The van der Waals surface area contributed by atoms with Gasteiger partial charge in [-0.3, -0.25) is 19.0 Å². The van der Waals surface area contributed by atoms with Crippen LogP contribution in [0.5, 0.6) is 0 Å². The highest BCUT2D eigenvalue weighted by molar-refractivity contribution is 7.22. The number of carbonyl (C=O) groups is 2. The normalized spacial score (nSPS) is 16.1. The summed E-state index contributed by atoms with van der Waals surface area (Å²) in [6.45, 7) is 5.90. The summed E-state index contributed by atoms with van der Waals surface area (Å²) < 4.78 is 1.71. The number of benzene rings is 1. The minimum atomic E-state index is -0.302. The van der Waals surface area contributed by atoms with E-state index in [-0.39, 0.29) is 29.8 Å². The van der Waals surface area contributed by atoms with Crippen molar-refractivity contribution in [3.05, 3.63) is 46.5 Å². The Bertz CT molecular complexity index is 1200. The van der Waals surface area contributed by atoms with Crippen LogP contribution in [0.3, 0.4) is 0 Å². The van der Waals surface area contributed by atoms with Gasteiger partial charge in [-0.05, 0) is 38.3 Å². The number of anilines is 2. The molecule has 0 radical (unpaired) electrons. The lowest BCUT2D eigenvalue weighted by Crippen LogP contribution is -2.43. The van der Waals surface area contributed by atoms with Crippen LogP contribution < -0.4 is 21.1 Å². The maximum Gasteiger partial charge on any atom is 0.273 e. The van der Waals surface area contributed by atoms with E-state index < -0.39 is 0 Å². The monoisotopic (exact) mass is 468 g/mol. The fourth-order valence-corrected chi connectivity index (χ4v) is 4.84. The Kier molecular flexibility index (Phi) is 7.02. The highest BCUT2D eigenvalue weighted by Gasteiger charge is 2.27. The van der Waals surface area contributed by atoms with Gasteiger partial charge in [-0.25, -0.2) is 4.98 Å². The van der Waals surface area contributed by atoms with Crippen molar-refractivity contribution in [1.29, 1.82) is 0 Å². The molecule has 1 aliphatic rings. The van der Waals surface area contributed by atoms with Gasteiger partial charge in [-0.15, -0.1) is 0 Å². The van der Waals surface area contributed by atoms with E-state index in [1.165, 1.54) is 22.2 Å². The summed E-state index contributed by atoms with van der Waals surface area (Å²) in [6, 6.07) is 7.46. The van der Waals surface area contributed by atoms with Crippen LogP contribution in [0.25, 0.3) is 10.3 Å². The molecule has 0 bridgehead atoms. The Morgan fingerprint density at radius 2 is 2.03 bits per heavy atom. The molecule has 3 aromatic rings. The van der Waals surface area contributed by atoms with Crippen LogP contribution in [0.15, 0.2) is 35.4 Å². The summed E-state index contributed by atoms with van der Waals surface area (Å²) in [5.41, 5.74) is 1.85. The summed E-state index contributed by atoms with van der Waals surface area (Å²) in [5.74, 6) is -0.320. The van der Waals surface area contributed by atoms with Crippen LogP contribution in [0.2, 0.25) is 0 Å². The third-order valence-electron chi connectivity index (χ3n) is 5.63. The number of rotatable bonds is 7. The lowest BCUT2D eigenvalue weighted by Gasteiger charge is -2.31. The van der Waals surface area contributed by atoms with Crippen LogP contribution in [-0.2, 0) is 16.1 Å². The number of aryl methyl sites for hydroxylation is 1. The number of carbonyl (C=O) groups excluding carboxylic acids is 2. The predicted molar refractivity (Wildman–Crippen MR) is 130 cm³/mol. The minimum Gasteiger partial charge on any atom is -0.356 e. The number of nitrogens with zero attached hydrogens (tertiary/aromatic N) is 4.